The number of hydrogen-bond donors (Lipinski definition) is 4. The lowest BCUT2D eigenvalue weighted by molar-refractivity contribution is -0.122. The van der Waals surface area contributed by atoms with Crippen molar-refractivity contribution in [2.75, 3.05) is 9.44 Å². The smallest absolute Gasteiger partial charge is 0.263 e. The minimum Gasteiger partial charge on any atom is -0.369 e. The van der Waals surface area contributed by atoms with E-state index < -0.39 is 55.3 Å². The summed E-state index contributed by atoms with van der Waals surface area (Å²) in [5.74, 6) is -3.49. The Morgan fingerprint density at radius 1 is 0.583 bits per heavy atom. The molecule has 72 heavy (non-hydrogen) atoms. The molecule has 4 heterocycles. The van der Waals surface area contributed by atoms with Gasteiger partial charge in [0.25, 0.3) is 31.2 Å². The van der Waals surface area contributed by atoms with Crippen LogP contribution >= 0.6 is 23.2 Å². The van der Waals surface area contributed by atoms with Crippen LogP contribution in [-0.2, 0) is 42.7 Å². The second kappa shape index (κ2) is 21.0. The molecule has 0 spiro atoms. The topological polar surface area (TPSA) is 274 Å². The maximum Gasteiger partial charge on any atom is 0.263 e. The summed E-state index contributed by atoms with van der Waals surface area (Å²) in [5.41, 5.74) is 14.3. The Morgan fingerprint density at radius 3 is 1.31 bits per heavy atom. The van der Waals surface area contributed by atoms with E-state index in [9.17, 15) is 44.8 Å². The highest BCUT2D eigenvalue weighted by Gasteiger charge is 2.23. The number of sulfonamides is 2. The number of rotatable bonds is 14. The molecule has 0 bridgehead atoms. The Balaban J connectivity index is 0.000000211. The summed E-state index contributed by atoms with van der Waals surface area (Å²) in [4.78, 5) is 65.4. The zero-order valence-electron chi connectivity index (χ0n) is 38.4. The fourth-order valence-corrected chi connectivity index (χ4v) is 10.4. The first-order chi connectivity index (χ1) is 33.9. The molecule has 18 nitrogen and oxygen atoms in total. The third-order valence-electron chi connectivity index (χ3n) is 11.3. The van der Waals surface area contributed by atoms with Crippen LogP contribution in [0.4, 0.5) is 20.2 Å². The number of hydrogen-bond acceptors (Lipinski definition) is 12. The van der Waals surface area contributed by atoms with Gasteiger partial charge in [-0.25, -0.2) is 35.6 Å². The van der Waals surface area contributed by atoms with Crippen LogP contribution in [0.3, 0.4) is 0 Å². The number of carbonyl (C=O) groups excluding carboxylic acids is 2. The number of anilines is 2. The first-order valence-corrected chi connectivity index (χ1v) is 25.1. The normalized spacial score (nSPS) is 12.4. The Hall–Kier alpha value is -7.66. The zero-order chi connectivity index (χ0) is 52.4. The molecule has 0 saturated heterocycles. The van der Waals surface area contributed by atoms with Gasteiger partial charge in [-0.2, -0.15) is 0 Å². The Labute approximate surface area is 419 Å². The molecule has 0 unspecified atom stereocenters. The van der Waals surface area contributed by atoms with Crippen LogP contribution in [0.25, 0.3) is 44.1 Å². The van der Waals surface area contributed by atoms with Crippen molar-refractivity contribution >= 4 is 88.2 Å². The summed E-state index contributed by atoms with van der Waals surface area (Å²) >= 11 is 11.9. The molecule has 4 aromatic heterocycles. The van der Waals surface area contributed by atoms with Crippen LogP contribution in [0.1, 0.15) is 25.2 Å². The van der Waals surface area contributed by atoms with Crippen molar-refractivity contribution in [1.29, 1.82) is 0 Å². The van der Waals surface area contributed by atoms with Crippen LogP contribution in [-0.4, -0.2) is 57.7 Å². The Bertz CT molecular complexity index is 3600. The van der Waals surface area contributed by atoms with E-state index >= 15 is 0 Å². The van der Waals surface area contributed by atoms with Gasteiger partial charge in [0, 0.05) is 36.6 Å². The largest absolute Gasteiger partial charge is 0.369 e. The lowest BCUT2D eigenvalue weighted by Gasteiger charge is -2.13. The van der Waals surface area contributed by atoms with Crippen LogP contribution in [0, 0.1) is 37.3 Å². The number of halogens is 4. The lowest BCUT2D eigenvalue weighted by atomic mass is 10.0. The van der Waals surface area contributed by atoms with Crippen molar-refractivity contribution in [3.05, 3.63) is 164 Å². The molecule has 0 fully saturated rings. The van der Waals surface area contributed by atoms with E-state index in [1.807, 2.05) is 0 Å². The van der Waals surface area contributed by atoms with Crippen LogP contribution < -0.4 is 32.0 Å². The van der Waals surface area contributed by atoms with Gasteiger partial charge in [-0.15, -0.1) is 0 Å². The standard InChI is InChI=1S/2C24H21ClFN5O4S/c2*1-13(23(27)32)11-31-12-29-20-5-3-15(7-18(20)24(31)33)16-8-21(14(2)28-10-16)30-36(34,35)22-6-4-17(26)9-19(22)25/h2*3-10,12-13,30H,11H2,1-2H3,(H2,27,32)/t2*13-/m10/s1. The third kappa shape index (κ3) is 11.6. The van der Waals surface area contributed by atoms with Gasteiger partial charge in [0.1, 0.15) is 21.4 Å². The molecule has 0 aliphatic carbocycles. The molecular formula is C48H42Cl2F2N10O8S2. The minimum atomic E-state index is -4.14. The van der Waals surface area contributed by atoms with Gasteiger partial charge in [-0.1, -0.05) is 49.2 Å². The number of aromatic nitrogens is 6. The van der Waals surface area contributed by atoms with Crippen molar-refractivity contribution in [1.82, 2.24) is 29.1 Å². The number of amides is 2. The highest BCUT2D eigenvalue weighted by molar-refractivity contribution is 7.93. The van der Waals surface area contributed by atoms with E-state index in [0.29, 0.717) is 55.4 Å². The second-order valence-electron chi connectivity index (χ2n) is 16.5. The molecule has 6 N–H and O–H groups in total. The highest BCUT2D eigenvalue weighted by atomic mass is 35.5. The van der Waals surface area contributed by atoms with Crippen molar-refractivity contribution in [2.45, 2.75) is 50.6 Å². The Morgan fingerprint density at radius 2 is 0.958 bits per heavy atom. The maximum atomic E-state index is 13.4. The molecule has 0 aliphatic heterocycles. The summed E-state index contributed by atoms with van der Waals surface area (Å²) in [6.45, 7) is 6.66. The zero-order valence-corrected chi connectivity index (χ0v) is 41.5. The van der Waals surface area contributed by atoms with Crippen LogP contribution in [0.15, 0.2) is 129 Å². The van der Waals surface area contributed by atoms with Crippen molar-refractivity contribution in [3.63, 3.8) is 0 Å². The molecule has 4 aromatic carbocycles. The summed E-state index contributed by atoms with van der Waals surface area (Å²) in [6.07, 6.45) is 5.82. The molecule has 2 amide bonds. The van der Waals surface area contributed by atoms with Gasteiger partial charge in [0.15, 0.2) is 0 Å². The fourth-order valence-electron chi connectivity index (χ4n) is 7.08. The van der Waals surface area contributed by atoms with Crippen LogP contribution in [0.2, 0.25) is 10.0 Å². The average molecular weight is 1060 g/mol. The van der Waals surface area contributed by atoms with Crippen molar-refractivity contribution in [3.8, 4) is 22.3 Å². The molecule has 24 heteroatoms. The van der Waals surface area contributed by atoms with Gasteiger partial charge in [0.2, 0.25) is 11.8 Å². The van der Waals surface area contributed by atoms with Gasteiger partial charge < -0.3 is 11.5 Å². The van der Waals surface area contributed by atoms with E-state index in [1.54, 1.807) is 88.6 Å². The number of carbonyl (C=O) groups is 2. The summed E-state index contributed by atoms with van der Waals surface area (Å²) < 4.78 is 85.9. The molecule has 2 atom stereocenters. The predicted octanol–water partition coefficient (Wildman–Crippen LogP) is 6.96. The fraction of sp³-hybridized carbons (Fsp3) is 0.167. The minimum absolute atomic E-state index is 0.0886. The summed E-state index contributed by atoms with van der Waals surface area (Å²) in [7, 11) is -8.28. The number of nitrogens with two attached hydrogens (primary N) is 2. The van der Waals surface area contributed by atoms with Crippen LogP contribution in [0.5, 0.6) is 0 Å². The maximum absolute atomic E-state index is 13.4. The molecule has 0 radical (unpaired) electrons. The predicted molar refractivity (Wildman–Crippen MR) is 269 cm³/mol. The van der Waals surface area contributed by atoms with Crippen molar-refractivity contribution < 1.29 is 35.2 Å². The van der Waals surface area contributed by atoms with Gasteiger partial charge in [-0.05, 0) is 97.8 Å². The number of pyridine rings is 2. The third-order valence-corrected chi connectivity index (χ3v) is 15.0. The number of nitrogens with zero attached hydrogens (tertiary/aromatic N) is 6. The molecular weight excluding hydrogens is 1020 g/mol. The van der Waals surface area contributed by atoms with Gasteiger partial charge >= 0.3 is 0 Å². The number of fused-ring (bicyclic) bond motifs is 2. The monoisotopic (exact) mass is 1060 g/mol. The lowest BCUT2D eigenvalue weighted by Crippen LogP contribution is -2.30. The van der Waals surface area contributed by atoms with E-state index in [-0.39, 0.29) is 55.4 Å². The van der Waals surface area contributed by atoms with E-state index in [4.69, 9.17) is 34.7 Å². The molecule has 0 aliphatic rings. The molecule has 0 saturated carbocycles. The highest BCUT2D eigenvalue weighted by Crippen LogP contribution is 2.31. The van der Waals surface area contributed by atoms with E-state index in [0.717, 1.165) is 36.4 Å². The second-order valence-corrected chi connectivity index (χ2v) is 20.7. The Kier molecular flexibility index (Phi) is 15.2. The number of benzene rings is 4. The molecule has 8 rings (SSSR count). The van der Waals surface area contributed by atoms with Crippen molar-refractivity contribution in [2.24, 2.45) is 23.3 Å². The number of primary amides is 2. The average Bonchev–Trinajstić information content (AvgIpc) is 3.31. The summed E-state index contributed by atoms with van der Waals surface area (Å²) in [5, 5.41) is 0.112. The number of nitrogens with one attached hydrogen (secondary N) is 2. The first kappa shape index (κ1) is 52.2. The molecule has 372 valence electrons. The van der Waals surface area contributed by atoms with E-state index in [2.05, 4.69) is 29.4 Å². The van der Waals surface area contributed by atoms with E-state index in [1.165, 1.54) is 21.8 Å². The number of aryl methyl sites for hydroxylation is 2. The summed E-state index contributed by atoms with van der Waals surface area (Å²) in [6, 6.07) is 19.2. The first-order valence-electron chi connectivity index (χ1n) is 21.4. The quantitative estimate of drug-likeness (QED) is 0.0860. The SMILES string of the molecule is Cc1ncc(-c2ccc3ncn(C[C@@H](C)C(N)=O)c(=O)c3c2)cc1NS(=O)(=O)c1ccc(F)cc1Cl.Cc1ncc(-c2ccc3ncn(C[C@H](C)C(N)=O)c(=O)c3c2)cc1NS(=O)(=O)c1ccc(F)cc1Cl. The van der Waals surface area contributed by atoms with Gasteiger partial charge in [0.05, 0.1) is 79.1 Å². The van der Waals surface area contributed by atoms with Gasteiger partial charge in [-0.3, -0.25) is 47.7 Å². The molecule has 8 aromatic rings.